The van der Waals surface area contributed by atoms with Crippen LogP contribution in [0.1, 0.15) is 52.7 Å². The lowest BCUT2D eigenvalue weighted by Crippen LogP contribution is -2.31. The molecule has 36 heavy (non-hydrogen) atoms. The largest absolute Gasteiger partial charge is 0.278 e. The van der Waals surface area contributed by atoms with E-state index < -0.39 is 17.4 Å². The van der Waals surface area contributed by atoms with E-state index in [-0.39, 0.29) is 23.2 Å². The molecule has 180 valence electrons. The van der Waals surface area contributed by atoms with Crippen molar-refractivity contribution in [2.24, 2.45) is 0 Å². The number of carbonyl (C=O) groups is 2. The van der Waals surface area contributed by atoms with Crippen LogP contribution in [0.4, 0.5) is 0 Å². The average Bonchev–Trinajstić information content (AvgIpc) is 3.09. The molecule has 0 fully saturated rings. The first-order chi connectivity index (χ1) is 17.2. The fourth-order valence-electron chi connectivity index (χ4n) is 4.73. The van der Waals surface area contributed by atoms with E-state index in [0.717, 1.165) is 11.1 Å². The van der Waals surface area contributed by atoms with E-state index in [4.69, 9.17) is 11.6 Å². The van der Waals surface area contributed by atoms with E-state index in [1.165, 1.54) is 15.5 Å². The predicted octanol–water partition coefficient (Wildman–Crippen LogP) is 6.25. The predicted molar refractivity (Wildman–Crippen MR) is 142 cm³/mol. The van der Waals surface area contributed by atoms with Gasteiger partial charge in [-0.25, -0.2) is 0 Å². The lowest BCUT2D eigenvalue weighted by atomic mass is 9.85. The van der Waals surface area contributed by atoms with Gasteiger partial charge in [0.2, 0.25) is 0 Å². The van der Waals surface area contributed by atoms with Gasteiger partial charge in [-0.3, -0.25) is 23.9 Å². The first kappa shape index (κ1) is 23.8. The monoisotopic (exact) mass is 496 g/mol. The van der Waals surface area contributed by atoms with Crippen LogP contribution in [-0.4, -0.2) is 21.3 Å². The second-order valence-electron chi connectivity index (χ2n) is 9.88. The first-order valence-electron chi connectivity index (χ1n) is 11.7. The van der Waals surface area contributed by atoms with E-state index in [2.05, 4.69) is 0 Å². The Morgan fingerprint density at radius 3 is 2.08 bits per heavy atom. The highest BCUT2D eigenvalue weighted by atomic mass is 35.5. The zero-order valence-electron chi connectivity index (χ0n) is 20.3. The lowest BCUT2D eigenvalue weighted by Gasteiger charge is -2.24. The number of hydrogen-bond acceptors (Lipinski definition) is 3. The van der Waals surface area contributed by atoms with Crippen molar-refractivity contribution in [3.8, 4) is 16.8 Å². The molecule has 5 nitrogen and oxygen atoms in total. The van der Waals surface area contributed by atoms with Crippen LogP contribution in [0.5, 0.6) is 0 Å². The number of pyridine rings is 1. The molecule has 1 aliphatic rings. The molecule has 1 aromatic heterocycles. The highest BCUT2D eigenvalue weighted by molar-refractivity contribution is 6.34. The number of imide groups is 1. The van der Waals surface area contributed by atoms with Crippen molar-refractivity contribution in [1.29, 1.82) is 0 Å². The minimum Gasteiger partial charge on any atom is -0.271 e. The lowest BCUT2D eigenvalue weighted by molar-refractivity contribution is 0.0639. The van der Waals surface area contributed by atoms with Crippen LogP contribution in [0.15, 0.2) is 89.7 Å². The number of carbonyl (C=O) groups excluding carboxylic acids is 2. The maximum Gasteiger partial charge on any atom is 0.278 e. The zero-order valence-corrected chi connectivity index (χ0v) is 21.0. The number of hydrogen-bond donors (Lipinski definition) is 0. The Morgan fingerprint density at radius 2 is 1.39 bits per heavy atom. The number of halogens is 1. The second kappa shape index (κ2) is 8.92. The summed E-state index contributed by atoms with van der Waals surface area (Å²) in [5.41, 5.74) is 2.73. The Labute approximate surface area is 214 Å². The maximum atomic E-state index is 13.9. The number of rotatable bonds is 4. The average molecular weight is 497 g/mol. The minimum absolute atomic E-state index is 0.0649. The topological polar surface area (TPSA) is 59.4 Å². The summed E-state index contributed by atoms with van der Waals surface area (Å²) >= 11 is 6.49. The minimum atomic E-state index is -0.506. The molecule has 0 atom stereocenters. The van der Waals surface area contributed by atoms with Gasteiger partial charge >= 0.3 is 0 Å². The Hall–Kier alpha value is -3.96. The molecule has 0 N–H and O–H groups in total. The maximum absolute atomic E-state index is 13.9. The van der Waals surface area contributed by atoms with Crippen LogP contribution >= 0.6 is 11.6 Å². The smallest absolute Gasteiger partial charge is 0.271 e. The van der Waals surface area contributed by atoms with Gasteiger partial charge in [0.15, 0.2) is 0 Å². The third-order valence-electron chi connectivity index (χ3n) is 6.43. The van der Waals surface area contributed by atoms with Crippen molar-refractivity contribution >= 4 is 23.4 Å². The number of amides is 2. The third-order valence-corrected chi connectivity index (χ3v) is 6.75. The second-order valence-corrected chi connectivity index (χ2v) is 10.3. The summed E-state index contributed by atoms with van der Waals surface area (Å²) in [6, 6.07) is 25.2. The normalized spacial score (nSPS) is 13.3. The van der Waals surface area contributed by atoms with Crippen molar-refractivity contribution in [1.82, 2.24) is 9.47 Å². The molecule has 2 amide bonds. The van der Waals surface area contributed by atoms with Crippen molar-refractivity contribution in [2.45, 2.75) is 32.7 Å². The third kappa shape index (κ3) is 3.95. The van der Waals surface area contributed by atoms with Gasteiger partial charge in [-0.05, 0) is 28.7 Å². The number of benzene rings is 3. The van der Waals surface area contributed by atoms with Crippen LogP contribution in [0.2, 0.25) is 5.02 Å². The summed E-state index contributed by atoms with van der Waals surface area (Å²) < 4.78 is 1.39. The Morgan fingerprint density at radius 1 is 0.750 bits per heavy atom. The first-order valence-corrected chi connectivity index (χ1v) is 12.1. The van der Waals surface area contributed by atoms with Crippen molar-refractivity contribution in [3.05, 3.63) is 123 Å². The molecule has 0 aliphatic carbocycles. The van der Waals surface area contributed by atoms with Gasteiger partial charge in [0.25, 0.3) is 17.4 Å². The van der Waals surface area contributed by atoms with Crippen molar-refractivity contribution < 1.29 is 9.59 Å². The van der Waals surface area contributed by atoms with Crippen LogP contribution in [0, 0.1) is 0 Å². The molecular weight excluding hydrogens is 472 g/mol. The molecule has 5 rings (SSSR count). The highest BCUT2D eigenvalue weighted by Crippen LogP contribution is 2.37. The summed E-state index contributed by atoms with van der Waals surface area (Å²) in [6.07, 6.45) is 0. The fraction of sp³-hybridized carbons (Fsp3) is 0.167. The summed E-state index contributed by atoms with van der Waals surface area (Å²) in [6.45, 7) is 6.24. The molecule has 0 saturated heterocycles. The fourth-order valence-corrected chi connectivity index (χ4v) is 4.97. The number of aromatic nitrogens is 1. The summed E-state index contributed by atoms with van der Waals surface area (Å²) in [5.74, 6) is -0.954. The molecule has 6 heteroatoms. The molecule has 0 spiro atoms. The van der Waals surface area contributed by atoms with Gasteiger partial charge in [0.1, 0.15) is 5.69 Å². The van der Waals surface area contributed by atoms with E-state index in [1.807, 2.05) is 75.4 Å². The quantitative estimate of drug-likeness (QED) is 0.314. The van der Waals surface area contributed by atoms with Gasteiger partial charge in [-0.15, -0.1) is 0 Å². The van der Waals surface area contributed by atoms with Gasteiger partial charge in [0.05, 0.1) is 17.8 Å². The van der Waals surface area contributed by atoms with Crippen molar-refractivity contribution in [2.75, 3.05) is 0 Å². The zero-order chi connectivity index (χ0) is 25.6. The van der Waals surface area contributed by atoms with Gasteiger partial charge in [-0.1, -0.05) is 99.1 Å². The molecule has 1 aliphatic heterocycles. The standard InChI is InChI=1S/C30H25ClN2O3/c1-30(2,3)22-14-8-10-16-24(22)33-25(34)17-21(20-13-7-9-15-23(20)31)26-27(33)29(36)32(28(26)35)18-19-11-5-4-6-12-19/h4-17H,18H2,1-3H3. The Kier molecular flexibility index (Phi) is 5.89. The molecule has 0 saturated carbocycles. The summed E-state index contributed by atoms with van der Waals surface area (Å²) in [5, 5.41) is 0.397. The molecular formula is C30H25ClN2O3. The van der Waals surface area contributed by atoms with Crippen LogP contribution in [0.25, 0.3) is 16.8 Å². The van der Waals surface area contributed by atoms with Gasteiger partial charge in [0, 0.05) is 22.2 Å². The highest BCUT2D eigenvalue weighted by Gasteiger charge is 2.42. The van der Waals surface area contributed by atoms with Gasteiger partial charge in [-0.2, -0.15) is 0 Å². The van der Waals surface area contributed by atoms with Crippen LogP contribution in [0.3, 0.4) is 0 Å². The summed E-state index contributed by atoms with van der Waals surface area (Å²) in [7, 11) is 0. The SMILES string of the molecule is CC(C)(C)c1ccccc1-n1c2c(c(-c3ccccc3Cl)cc1=O)C(=O)N(Cc1ccccc1)C2=O. The van der Waals surface area contributed by atoms with Crippen LogP contribution in [-0.2, 0) is 12.0 Å². The van der Waals surface area contributed by atoms with E-state index in [0.29, 0.717) is 21.8 Å². The number of fused-ring (bicyclic) bond motifs is 1. The molecule has 0 unspecified atom stereocenters. The van der Waals surface area contributed by atoms with E-state index in [9.17, 15) is 14.4 Å². The summed E-state index contributed by atoms with van der Waals surface area (Å²) in [4.78, 5) is 42.7. The van der Waals surface area contributed by atoms with E-state index in [1.54, 1.807) is 24.3 Å². The molecule has 3 aromatic carbocycles. The molecule has 0 bridgehead atoms. The Bertz CT molecular complexity index is 1570. The van der Waals surface area contributed by atoms with Crippen LogP contribution < -0.4 is 5.56 Å². The molecule has 0 radical (unpaired) electrons. The van der Waals surface area contributed by atoms with Gasteiger partial charge < -0.3 is 0 Å². The van der Waals surface area contributed by atoms with Crippen molar-refractivity contribution in [3.63, 3.8) is 0 Å². The molecule has 2 heterocycles. The van der Waals surface area contributed by atoms with E-state index >= 15 is 0 Å². The Balaban J connectivity index is 1.81. The number of para-hydroxylation sites is 1. The number of nitrogens with zero attached hydrogens (tertiary/aromatic N) is 2. The molecule has 4 aromatic rings.